The molecule has 1 aromatic carbocycles. The Bertz CT molecular complexity index is 469. The largest absolute Gasteiger partial charge is 0.479 e. The van der Waals surface area contributed by atoms with Crippen LogP contribution in [0.4, 0.5) is 4.79 Å². The van der Waals surface area contributed by atoms with E-state index in [1.807, 2.05) is 0 Å². The van der Waals surface area contributed by atoms with Gasteiger partial charge in [0.2, 0.25) is 0 Å². The third-order valence-corrected chi connectivity index (χ3v) is 3.43. The van der Waals surface area contributed by atoms with Crippen molar-refractivity contribution < 1.29 is 14.7 Å². The standard InChI is InChI=1S/C14H18N2O3/c1-14(7-8-14)9-15-13(19)16-11(12(17)18)10-5-3-2-4-6-10/h2-6,11H,7-9H2,1H3,(H,17,18)(H2,15,16,19)/t11-/m1/s1. The summed E-state index contributed by atoms with van der Waals surface area (Å²) in [6, 6.07) is 7.20. The number of benzene rings is 1. The van der Waals surface area contributed by atoms with Gasteiger partial charge in [-0.15, -0.1) is 0 Å². The molecule has 0 aliphatic heterocycles. The van der Waals surface area contributed by atoms with Crippen LogP contribution in [0, 0.1) is 5.41 Å². The highest BCUT2D eigenvalue weighted by Gasteiger charge is 2.37. The fourth-order valence-corrected chi connectivity index (χ4v) is 1.80. The molecule has 0 spiro atoms. The first-order chi connectivity index (χ1) is 9.00. The van der Waals surface area contributed by atoms with Crippen LogP contribution in [0.25, 0.3) is 0 Å². The third kappa shape index (κ3) is 3.71. The zero-order valence-electron chi connectivity index (χ0n) is 10.8. The minimum atomic E-state index is -1.07. The van der Waals surface area contributed by atoms with Gasteiger partial charge in [0, 0.05) is 6.54 Å². The van der Waals surface area contributed by atoms with E-state index in [1.54, 1.807) is 30.3 Å². The quantitative estimate of drug-likeness (QED) is 0.758. The number of urea groups is 1. The molecule has 5 nitrogen and oxygen atoms in total. The molecule has 5 heteroatoms. The number of carbonyl (C=O) groups is 2. The minimum Gasteiger partial charge on any atom is -0.479 e. The lowest BCUT2D eigenvalue weighted by atomic mass is 10.1. The van der Waals surface area contributed by atoms with Crippen LogP contribution in [-0.4, -0.2) is 23.7 Å². The van der Waals surface area contributed by atoms with E-state index < -0.39 is 18.0 Å². The zero-order valence-corrected chi connectivity index (χ0v) is 10.8. The van der Waals surface area contributed by atoms with E-state index in [0.717, 1.165) is 12.8 Å². The molecule has 1 atom stereocenters. The van der Waals surface area contributed by atoms with Gasteiger partial charge in [-0.3, -0.25) is 0 Å². The molecule has 0 bridgehead atoms. The lowest BCUT2D eigenvalue weighted by molar-refractivity contribution is -0.139. The molecule has 0 radical (unpaired) electrons. The number of carbonyl (C=O) groups excluding carboxylic acids is 1. The van der Waals surface area contributed by atoms with Crippen LogP contribution in [0.15, 0.2) is 30.3 Å². The van der Waals surface area contributed by atoms with Crippen molar-refractivity contribution in [3.63, 3.8) is 0 Å². The average molecular weight is 262 g/mol. The number of carboxylic acids is 1. The Morgan fingerprint density at radius 2 is 1.95 bits per heavy atom. The van der Waals surface area contributed by atoms with Crippen LogP contribution in [0.1, 0.15) is 31.4 Å². The Labute approximate surface area is 112 Å². The van der Waals surface area contributed by atoms with E-state index in [-0.39, 0.29) is 5.41 Å². The molecule has 1 aromatic rings. The molecule has 3 N–H and O–H groups in total. The fourth-order valence-electron chi connectivity index (χ4n) is 1.80. The summed E-state index contributed by atoms with van der Waals surface area (Å²) in [5.41, 5.74) is 0.755. The van der Waals surface area contributed by atoms with Crippen molar-refractivity contribution in [1.29, 1.82) is 0 Å². The Hall–Kier alpha value is -2.04. The molecule has 1 aliphatic carbocycles. The van der Waals surface area contributed by atoms with E-state index >= 15 is 0 Å². The maximum Gasteiger partial charge on any atom is 0.330 e. The van der Waals surface area contributed by atoms with Crippen LogP contribution in [0.2, 0.25) is 0 Å². The Morgan fingerprint density at radius 3 is 2.47 bits per heavy atom. The molecule has 102 valence electrons. The highest BCUT2D eigenvalue weighted by Crippen LogP contribution is 2.43. The Morgan fingerprint density at radius 1 is 1.32 bits per heavy atom. The van der Waals surface area contributed by atoms with Crippen molar-refractivity contribution in [2.24, 2.45) is 5.41 Å². The maximum atomic E-state index is 11.7. The first-order valence-electron chi connectivity index (χ1n) is 6.32. The highest BCUT2D eigenvalue weighted by molar-refractivity contribution is 5.83. The molecule has 0 saturated heterocycles. The molecular formula is C14H18N2O3. The van der Waals surface area contributed by atoms with Gasteiger partial charge in [-0.2, -0.15) is 0 Å². The number of aliphatic carboxylic acids is 1. The van der Waals surface area contributed by atoms with E-state index in [2.05, 4.69) is 17.6 Å². The van der Waals surface area contributed by atoms with Crippen LogP contribution >= 0.6 is 0 Å². The van der Waals surface area contributed by atoms with Crippen LogP contribution in [0.5, 0.6) is 0 Å². The van der Waals surface area contributed by atoms with Crippen molar-refractivity contribution in [3.8, 4) is 0 Å². The molecule has 1 fully saturated rings. The van der Waals surface area contributed by atoms with Crippen molar-refractivity contribution >= 4 is 12.0 Å². The van der Waals surface area contributed by atoms with E-state index in [1.165, 1.54) is 0 Å². The van der Waals surface area contributed by atoms with Crippen molar-refractivity contribution in [1.82, 2.24) is 10.6 Å². The fraction of sp³-hybridized carbons (Fsp3) is 0.429. The van der Waals surface area contributed by atoms with E-state index in [9.17, 15) is 14.7 Å². The summed E-state index contributed by atoms with van der Waals surface area (Å²) in [5, 5.41) is 14.4. The van der Waals surface area contributed by atoms with Crippen LogP contribution in [-0.2, 0) is 4.79 Å². The Kier molecular flexibility index (Phi) is 3.74. The number of nitrogens with one attached hydrogen (secondary N) is 2. The highest BCUT2D eigenvalue weighted by atomic mass is 16.4. The second kappa shape index (κ2) is 5.30. The van der Waals surface area contributed by atoms with Crippen molar-refractivity contribution in [3.05, 3.63) is 35.9 Å². The van der Waals surface area contributed by atoms with Gasteiger partial charge >= 0.3 is 12.0 Å². The number of carboxylic acid groups (broad SMARTS) is 1. The summed E-state index contributed by atoms with van der Waals surface area (Å²) in [5.74, 6) is -1.07. The van der Waals surface area contributed by atoms with Gasteiger partial charge in [-0.05, 0) is 23.8 Å². The monoisotopic (exact) mass is 262 g/mol. The number of hydrogen-bond acceptors (Lipinski definition) is 2. The molecule has 0 unspecified atom stereocenters. The molecule has 2 amide bonds. The minimum absolute atomic E-state index is 0.197. The third-order valence-electron chi connectivity index (χ3n) is 3.43. The Balaban J connectivity index is 1.93. The van der Waals surface area contributed by atoms with Crippen molar-refractivity contribution in [2.75, 3.05) is 6.54 Å². The summed E-state index contributed by atoms with van der Waals surface area (Å²) < 4.78 is 0. The smallest absolute Gasteiger partial charge is 0.330 e. The normalized spacial score (nSPS) is 17.3. The van der Waals surface area contributed by atoms with Crippen LogP contribution < -0.4 is 10.6 Å². The predicted molar refractivity (Wildman–Crippen MR) is 70.7 cm³/mol. The molecule has 1 saturated carbocycles. The molecule has 0 aromatic heterocycles. The van der Waals surface area contributed by atoms with Crippen LogP contribution in [0.3, 0.4) is 0 Å². The summed E-state index contributed by atoms with van der Waals surface area (Å²) >= 11 is 0. The summed E-state index contributed by atoms with van der Waals surface area (Å²) in [4.78, 5) is 22.9. The lowest BCUT2D eigenvalue weighted by Gasteiger charge is -2.16. The second-order valence-electron chi connectivity index (χ2n) is 5.32. The summed E-state index contributed by atoms with van der Waals surface area (Å²) in [7, 11) is 0. The van der Waals surface area contributed by atoms with E-state index in [0.29, 0.717) is 12.1 Å². The first-order valence-corrected chi connectivity index (χ1v) is 6.32. The van der Waals surface area contributed by atoms with Gasteiger partial charge < -0.3 is 15.7 Å². The van der Waals surface area contributed by atoms with E-state index in [4.69, 9.17) is 0 Å². The molecule has 19 heavy (non-hydrogen) atoms. The van der Waals surface area contributed by atoms with Gasteiger partial charge in [0.15, 0.2) is 6.04 Å². The summed E-state index contributed by atoms with van der Waals surface area (Å²) in [6.07, 6.45) is 2.21. The number of amides is 2. The van der Waals surface area contributed by atoms with Gasteiger partial charge in [-0.1, -0.05) is 37.3 Å². The summed E-state index contributed by atoms with van der Waals surface area (Å²) in [6.45, 7) is 2.68. The van der Waals surface area contributed by atoms with Gasteiger partial charge in [0.05, 0.1) is 0 Å². The SMILES string of the molecule is CC1(CNC(=O)N[C@@H](C(=O)O)c2ccccc2)CC1. The number of hydrogen-bond donors (Lipinski definition) is 3. The maximum absolute atomic E-state index is 11.7. The second-order valence-corrected chi connectivity index (χ2v) is 5.32. The van der Waals surface area contributed by atoms with Gasteiger partial charge in [0.25, 0.3) is 0 Å². The topological polar surface area (TPSA) is 78.4 Å². The van der Waals surface area contributed by atoms with Crippen molar-refractivity contribution in [2.45, 2.75) is 25.8 Å². The predicted octanol–water partition coefficient (Wildman–Crippen LogP) is 1.91. The molecule has 0 heterocycles. The van der Waals surface area contributed by atoms with Gasteiger partial charge in [-0.25, -0.2) is 9.59 Å². The lowest BCUT2D eigenvalue weighted by Crippen LogP contribution is -2.42. The molecular weight excluding hydrogens is 244 g/mol. The molecule has 1 aliphatic rings. The first kappa shape index (κ1) is 13.4. The average Bonchev–Trinajstić information content (AvgIpc) is 3.13. The van der Waals surface area contributed by atoms with Gasteiger partial charge in [0.1, 0.15) is 0 Å². The number of rotatable bonds is 5. The molecule has 2 rings (SSSR count). The zero-order chi connectivity index (χ0) is 13.9.